The normalized spacial score (nSPS) is 10.1. The van der Waals surface area contributed by atoms with Crippen LogP contribution in [0, 0.1) is 5.51 Å². The van der Waals surface area contributed by atoms with E-state index >= 15 is 0 Å². The van der Waals surface area contributed by atoms with Gasteiger partial charge < -0.3 is 5.73 Å². The van der Waals surface area contributed by atoms with Crippen molar-refractivity contribution < 1.29 is 0 Å². The Morgan fingerprint density at radius 2 is 2.50 bits per heavy atom. The number of hydrogen-bond acceptors (Lipinski definition) is 3. The topological polar surface area (TPSA) is 38.9 Å². The van der Waals surface area contributed by atoms with Crippen LogP contribution in [0.15, 0.2) is 5.38 Å². The molecule has 2 nitrogen and oxygen atoms in total. The first-order valence-electron chi connectivity index (χ1n) is 3.44. The largest absolute Gasteiger partial charge is 0.330 e. The molecule has 1 aromatic rings. The molecule has 0 spiro atoms. The highest BCUT2D eigenvalue weighted by Gasteiger charge is 1.92. The lowest BCUT2D eigenvalue weighted by molar-refractivity contribution is 0.735. The quantitative estimate of drug-likeness (QED) is 0.664. The summed E-state index contributed by atoms with van der Waals surface area (Å²) < 4.78 is 0. The first-order valence-corrected chi connectivity index (χ1v) is 4.32. The van der Waals surface area contributed by atoms with Gasteiger partial charge in [0.05, 0.1) is 5.69 Å². The molecular weight excluding hydrogens is 144 g/mol. The molecule has 1 radical (unpaired) electrons. The first-order chi connectivity index (χ1) is 4.93. The molecule has 0 aliphatic rings. The van der Waals surface area contributed by atoms with Gasteiger partial charge >= 0.3 is 0 Å². The van der Waals surface area contributed by atoms with Crippen LogP contribution in [0.1, 0.15) is 18.5 Å². The SMILES string of the molecule is NCCCCc1cs[c]n1. The maximum absolute atomic E-state index is 5.34. The zero-order valence-corrected chi connectivity index (χ0v) is 6.66. The fraction of sp³-hybridized carbons (Fsp3) is 0.571. The average Bonchev–Trinajstić information content (AvgIpc) is 2.41. The molecule has 55 valence electrons. The molecule has 10 heavy (non-hydrogen) atoms. The van der Waals surface area contributed by atoms with Gasteiger partial charge in [-0.2, -0.15) is 0 Å². The van der Waals surface area contributed by atoms with Crippen LogP contribution in [0.2, 0.25) is 0 Å². The summed E-state index contributed by atoms with van der Waals surface area (Å²) in [4.78, 5) is 4.04. The summed E-state index contributed by atoms with van der Waals surface area (Å²) >= 11 is 1.53. The van der Waals surface area contributed by atoms with Crippen molar-refractivity contribution in [1.29, 1.82) is 0 Å². The highest BCUT2D eigenvalue weighted by molar-refractivity contribution is 7.07. The predicted molar refractivity (Wildman–Crippen MR) is 42.9 cm³/mol. The Balaban J connectivity index is 2.15. The first kappa shape index (κ1) is 7.69. The minimum atomic E-state index is 0.786. The highest BCUT2D eigenvalue weighted by Crippen LogP contribution is 2.03. The molecule has 0 atom stereocenters. The molecule has 0 aliphatic carbocycles. The van der Waals surface area contributed by atoms with Crippen LogP contribution in [0.5, 0.6) is 0 Å². The molecule has 3 heteroatoms. The minimum absolute atomic E-state index is 0.786. The second kappa shape index (κ2) is 4.41. The third-order valence-electron chi connectivity index (χ3n) is 1.32. The number of aromatic nitrogens is 1. The molecule has 0 fully saturated rings. The van der Waals surface area contributed by atoms with E-state index in [1.165, 1.54) is 11.3 Å². The third-order valence-corrected chi connectivity index (χ3v) is 1.91. The van der Waals surface area contributed by atoms with Crippen LogP contribution >= 0.6 is 11.3 Å². The van der Waals surface area contributed by atoms with E-state index in [1.807, 2.05) is 5.38 Å². The second-order valence-corrected chi connectivity index (χ2v) is 2.83. The molecule has 0 aromatic carbocycles. The summed E-state index contributed by atoms with van der Waals surface area (Å²) in [6.07, 6.45) is 3.29. The van der Waals surface area contributed by atoms with Crippen molar-refractivity contribution in [3.05, 3.63) is 16.6 Å². The molecule has 2 N–H and O–H groups in total. The Labute approximate surface area is 65.1 Å². The number of unbranched alkanes of at least 4 members (excludes halogenated alkanes) is 1. The van der Waals surface area contributed by atoms with Gasteiger partial charge in [-0.15, -0.1) is 11.3 Å². The number of nitrogens with zero attached hydrogens (tertiary/aromatic N) is 1. The van der Waals surface area contributed by atoms with E-state index in [2.05, 4.69) is 10.5 Å². The van der Waals surface area contributed by atoms with E-state index in [4.69, 9.17) is 5.73 Å². The van der Waals surface area contributed by atoms with Gasteiger partial charge in [-0.1, -0.05) is 0 Å². The number of aryl methyl sites for hydroxylation is 1. The van der Waals surface area contributed by atoms with Crippen LogP contribution in [-0.4, -0.2) is 11.5 Å². The van der Waals surface area contributed by atoms with Gasteiger partial charge in [-0.05, 0) is 25.8 Å². The average molecular weight is 155 g/mol. The maximum Gasteiger partial charge on any atom is 0.152 e. The van der Waals surface area contributed by atoms with E-state index in [-0.39, 0.29) is 0 Å². The van der Waals surface area contributed by atoms with E-state index in [0.717, 1.165) is 31.5 Å². The number of thiazole rings is 1. The third kappa shape index (κ3) is 2.45. The van der Waals surface area contributed by atoms with Crippen molar-refractivity contribution in [2.45, 2.75) is 19.3 Å². The Hall–Kier alpha value is -0.410. The van der Waals surface area contributed by atoms with Crippen molar-refractivity contribution in [3.63, 3.8) is 0 Å². The summed E-state index contributed by atoms with van der Waals surface area (Å²) in [5, 5.41) is 2.04. The molecule has 0 unspecified atom stereocenters. The van der Waals surface area contributed by atoms with Gasteiger partial charge in [0.2, 0.25) is 0 Å². The van der Waals surface area contributed by atoms with Gasteiger partial charge in [-0.3, -0.25) is 0 Å². The zero-order valence-electron chi connectivity index (χ0n) is 5.84. The minimum Gasteiger partial charge on any atom is -0.330 e. The summed E-state index contributed by atoms with van der Waals surface area (Å²) in [5.74, 6) is 0. The molecule has 0 amide bonds. The van der Waals surface area contributed by atoms with Gasteiger partial charge in [0, 0.05) is 5.38 Å². The van der Waals surface area contributed by atoms with Crippen LogP contribution in [0.4, 0.5) is 0 Å². The Bertz CT molecular complexity index is 160. The lowest BCUT2D eigenvalue weighted by atomic mass is 10.2. The number of rotatable bonds is 4. The molecule has 0 saturated heterocycles. The monoisotopic (exact) mass is 155 g/mol. The van der Waals surface area contributed by atoms with E-state index < -0.39 is 0 Å². The Morgan fingerprint density at radius 3 is 3.10 bits per heavy atom. The molecular formula is C7H11N2S. The van der Waals surface area contributed by atoms with Crippen molar-refractivity contribution in [2.24, 2.45) is 5.73 Å². The van der Waals surface area contributed by atoms with Crippen molar-refractivity contribution >= 4 is 11.3 Å². The van der Waals surface area contributed by atoms with Crippen LogP contribution in [-0.2, 0) is 6.42 Å². The van der Waals surface area contributed by atoms with Gasteiger partial charge in [0.1, 0.15) is 0 Å². The fourth-order valence-electron chi connectivity index (χ4n) is 0.771. The summed E-state index contributed by atoms with van der Waals surface area (Å²) in [6, 6.07) is 0. The lowest BCUT2D eigenvalue weighted by Crippen LogP contribution is -1.98. The Kier molecular flexibility index (Phi) is 3.40. The zero-order chi connectivity index (χ0) is 7.23. The number of hydrogen-bond donors (Lipinski definition) is 1. The standard InChI is InChI=1S/C7H11N2S/c8-4-2-1-3-7-5-10-6-9-7/h5H,1-4,8H2. The van der Waals surface area contributed by atoms with Gasteiger partial charge in [0.25, 0.3) is 0 Å². The summed E-state index contributed by atoms with van der Waals surface area (Å²) in [6.45, 7) is 0.786. The van der Waals surface area contributed by atoms with Crippen molar-refractivity contribution in [2.75, 3.05) is 6.54 Å². The van der Waals surface area contributed by atoms with E-state index in [9.17, 15) is 0 Å². The predicted octanol–water partition coefficient (Wildman–Crippen LogP) is 1.22. The molecule has 1 rings (SSSR count). The van der Waals surface area contributed by atoms with Crippen LogP contribution < -0.4 is 5.73 Å². The highest BCUT2D eigenvalue weighted by atomic mass is 32.1. The Morgan fingerprint density at radius 1 is 1.60 bits per heavy atom. The molecule has 0 saturated carbocycles. The molecule has 1 heterocycles. The summed E-state index contributed by atoms with van der Waals surface area (Å²) in [7, 11) is 0. The van der Waals surface area contributed by atoms with Crippen molar-refractivity contribution in [1.82, 2.24) is 4.98 Å². The maximum atomic E-state index is 5.34. The second-order valence-electron chi connectivity index (χ2n) is 2.18. The molecule has 0 aliphatic heterocycles. The van der Waals surface area contributed by atoms with Crippen molar-refractivity contribution in [3.8, 4) is 0 Å². The van der Waals surface area contributed by atoms with Gasteiger partial charge in [0.15, 0.2) is 5.51 Å². The van der Waals surface area contributed by atoms with E-state index in [0.29, 0.717) is 0 Å². The summed E-state index contributed by atoms with van der Waals surface area (Å²) in [5.41, 5.74) is 9.31. The van der Waals surface area contributed by atoms with Crippen LogP contribution in [0.3, 0.4) is 0 Å². The van der Waals surface area contributed by atoms with Crippen LogP contribution in [0.25, 0.3) is 0 Å². The smallest absolute Gasteiger partial charge is 0.152 e. The molecule has 1 aromatic heterocycles. The van der Waals surface area contributed by atoms with Gasteiger partial charge in [-0.25, -0.2) is 4.98 Å². The van der Waals surface area contributed by atoms with E-state index in [1.54, 1.807) is 0 Å². The lowest BCUT2D eigenvalue weighted by Gasteiger charge is -1.92. The molecule has 0 bridgehead atoms. The number of nitrogens with two attached hydrogens (primary N) is 1. The fourth-order valence-corrected chi connectivity index (χ4v) is 1.30.